The number of nitrogens with zero attached hydrogens (tertiary/aromatic N) is 2. The van der Waals surface area contributed by atoms with Crippen molar-refractivity contribution in [2.75, 3.05) is 11.9 Å². The lowest BCUT2D eigenvalue weighted by Gasteiger charge is -2.24. The minimum Gasteiger partial charge on any atom is -0.366 e. The van der Waals surface area contributed by atoms with Gasteiger partial charge in [0.1, 0.15) is 0 Å². The van der Waals surface area contributed by atoms with E-state index in [4.69, 9.17) is 5.73 Å². The Labute approximate surface area is 91.0 Å². The van der Waals surface area contributed by atoms with E-state index in [9.17, 15) is 14.4 Å². The number of urea groups is 1. The SMILES string of the molecule is CN1C(=O)[N]C(=O)c2c(C(N)=O)cccc21. The summed E-state index contributed by atoms with van der Waals surface area (Å²) in [7, 11) is 1.47. The molecule has 0 unspecified atom stereocenters. The number of hydrogen-bond donors (Lipinski definition) is 1. The lowest BCUT2D eigenvalue weighted by atomic mass is 10.0. The molecule has 0 saturated carbocycles. The lowest BCUT2D eigenvalue weighted by Crippen LogP contribution is -2.42. The number of benzene rings is 1. The van der Waals surface area contributed by atoms with E-state index in [1.54, 1.807) is 12.1 Å². The van der Waals surface area contributed by atoms with Crippen LogP contribution in [0.5, 0.6) is 0 Å². The van der Waals surface area contributed by atoms with Crippen LogP contribution in [0.2, 0.25) is 0 Å². The number of nitrogens with two attached hydrogens (primary N) is 1. The Balaban J connectivity index is 2.70. The van der Waals surface area contributed by atoms with E-state index in [1.807, 2.05) is 0 Å². The fraction of sp³-hybridized carbons (Fsp3) is 0.100. The van der Waals surface area contributed by atoms with E-state index < -0.39 is 17.8 Å². The third-order valence-corrected chi connectivity index (χ3v) is 2.37. The molecule has 0 aliphatic carbocycles. The van der Waals surface area contributed by atoms with Crippen LogP contribution >= 0.6 is 0 Å². The summed E-state index contributed by atoms with van der Waals surface area (Å²) in [6.45, 7) is 0. The molecule has 1 aromatic carbocycles. The number of primary amides is 1. The molecule has 1 aliphatic rings. The zero-order valence-corrected chi connectivity index (χ0v) is 8.43. The number of rotatable bonds is 1. The number of fused-ring (bicyclic) bond motifs is 1. The van der Waals surface area contributed by atoms with Crippen molar-refractivity contribution in [3.8, 4) is 0 Å². The summed E-state index contributed by atoms with van der Waals surface area (Å²) in [5.41, 5.74) is 5.65. The molecule has 0 bridgehead atoms. The van der Waals surface area contributed by atoms with E-state index in [0.717, 1.165) is 0 Å². The minimum absolute atomic E-state index is 0.0746. The molecular formula is C10H8N3O3. The van der Waals surface area contributed by atoms with Crippen LogP contribution in [-0.4, -0.2) is 24.9 Å². The number of amides is 4. The Kier molecular flexibility index (Phi) is 2.12. The second-order valence-corrected chi connectivity index (χ2v) is 3.32. The van der Waals surface area contributed by atoms with Gasteiger partial charge < -0.3 is 5.73 Å². The van der Waals surface area contributed by atoms with Crippen molar-refractivity contribution in [2.24, 2.45) is 5.73 Å². The molecule has 0 atom stereocenters. The van der Waals surface area contributed by atoms with Gasteiger partial charge in [0.2, 0.25) is 5.91 Å². The highest BCUT2D eigenvalue weighted by Gasteiger charge is 2.31. The molecule has 2 rings (SSSR count). The van der Waals surface area contributed by atoms with Gasteiger partial charge in [0.25, 0.3) is 5.91 Å². The maximum Gasteiger partial charge on any atom is 0.351 e. The van der Waals surface area contributed by atoms with E-state index >= 15 is 0 Å². The van der Waals surface area contributed by atoms with Gasteiger partial charge >= 0.3 is 6.03 Å². The summed E-state index contributed by atoms with van der Waals surface area (Å²) >= 11 is 0. The standard InChI is InChI=1S/C10H8N3O3/c1-13-6-4-2-3-5(8(11)14)7(6)9(15)12-10(13)16/h2-4H,1H3,(H2,11,14). The highest BCUT2D eigenvalue weighted by atomic mass is 16.2. The number of anilines is 1. The van der Waals surface area contributed by atoms with Gasteiger partial charge in [0, 0.05) is 7.05 Å². The van der Waals surface area contributed by atoms with Crippen molar-refractivity contribution in [1.29, 1.82) is 0 Å². The van der Waals surface area contributed by atoms with Gasteiger partial charge in [0.15, 0.2) is 0 Å². The van der Waals surface area contributed by atoms with Crippen molar-refractivity contribution in [2.45, 2.75) is 0 Å². The summed E-state index contributed by atoms with van der Waals surface area (Å²) in [6, 6.07) is 3.89. The molecule has 0 saturated heterocycles. The molecule has 4 amide bonds. The van der Waals surface area contributed by atoms with Crippen LogP contribution in [0.1, 0.15) is 20.7 Å². The molecule has 2 N–H and O–H groups in total. The van der Waals surface area contributed by atoms with Crippen LogP contribution in [0.25, 0.3) is 0 Å². The number of carbonyl (C=O) groups excluding carboxylic acids is 3. The molecule has 1 aromatic rings. The summed E-state index contributed by atoms with van der Waals surface area (Å²) < 4.78 is 0. The predicted molar refractivity (Wildman–Crippen MR) is 55.2 cm³/mol. The van der Waals surface area contributed by atoms with Crippen molar-refractivity contribution in [3.05, 3.63) is 29.3 Å². The summed E-state index contributed by atoms with van der Waals surface area (Å²) in [5.74, 6) is -1.45. The second kappa shape index (κ2) is 3.34. The topological polar surface area (TPSA) is 94.6 Å². The zero-order chi connectivity index (χ0) is 11.9. The third kappa shape index (κ3) is 1.31. The Hall–Kier alpha value is -2.37. The van der Waals surface area contributed by atoms with Crippen molar-refractivity contribution < 1.29 is 14.4 Å². The molecule has 0 fully saturated rings. The van der Waals surface area contributed by atoms with Crippen LogP contribution < -0.4 is 16.0 Å². The van der Waals surface area contributed by atoms with Crippen LogP contribution in [-0.2, 0) is 0 Å². The first kappa shape index (κ1) is 10.2. The van der Waals surface area contributed by atoms with E-state index in [2.05, 4.69) is 5.32 Å². The molecule has 81 valence electrons. The molecule has 0 spiro atoms. The number of carbonyl (C=O) groups is 3. The smallest absolute Gasteiger partial charge is 0.351 e. The van der Waals surface area contributed by atoms with Crippen LogP contribution in [0.4, 0.5) is 10.5 Å². The van der Waals surface area contributed by atoms with Gasteiger partial charge in [0.05, 0.1) is 16.8 Å². The highest BCUT2D eigenvalue weighted by Crippen LogP contribution is 2.26. The summed E-state index contributed by atoms with van der Waals surface area (Å²) in [6.07, 6.45) is 0. The number of imide groups is 1. The molecule has 0 aromatic heterocycles. The summed E-state index contributed by atoms with van der Waals surface area (Å²) in [5, 5.41) is 3.29. The van der Waals surface area contributed by atoms with Gasteiger partial charge in [-0.15, -0.1) is 0 Å². The first-order chi connectivity index (χ1) is 7.52. The lowest BCUT2D eigenvalue weighted by molar-refractivity contribution is 0.0938. The third-order valence-electron chi connectivity index (χ3n) is 2.37. The molecule has 16 heavy (non-hydrogen) atoms. The van der Waals surface area contributed by atoms with Crippen molar-refractivity contribution in [3.63, 3.8) is 0 Å². The quantitative estimate of drug-likeness (QED) is 0.724. The average Bonchev–Trinajstić information content (AvgIpc) is 2.25. The highest BCUT2D eigenvalue weighted by molar-refractivity contribution is 6.20. The Morgan fingerprint density at radius 3 is 2.69 bits per heavy atom. The number of hydrogen-bond acceptors (Lipinski definition) is 3. The summed E-state index contributed by atoms with van der Waals surface area (Å²) in [4.78, 5) is 35.1. The molecule has 1 radical (unpaired) electrons. The van der Waals surface area contributed by atoms with E-state index in [1.165, 1.54) is 18.0 Å². The first-order valence-corrected chi connectivity index (χ1v) is 4.49. The largest absolute Gasteiger partial charge is 0.366 e. The van der Waals surface area contributed by atoms with Gasteiger partial charge in [-0.25, -0.2) is 4.79 Å². The van der Waals surface area contributed by atoms with E-state index in [-0.39, 0.29) is 11.1 Å². The minimum atomic E-state index is -0.729. The monoisotopic (exact) mass is 218 g/mol. The maximum absolute atomic E-state index is 11.5. The predicted octanol–water partition coefficient (Wildman–Crippen LogP) is 0.0999. The molecular weight excluding hydrogens is 210 g/mol. The van der Waals surface area contributed by atoms with Crippen molar-refractivity contribution in [1.82, 2.24) is 5.32 Å². The van der Waals surface area contributed by atoms with Gasteiger partial charge in [-0.3, -0.25) is 14.5 Å². The molecule has 6 nitrogen and oxygen atoms in total. The maximum atomic E-state index is 11.5. The average molecular weight is 218 g/mol. The molecule has 6 heteroatoms. The molecule has 1 aliphatic heterocycles. The normalized spacial score (nSPS) is 14.4. The zero-order valence-electron chi connectivity index (χ0n) is 8.43. The van der Waals surface area contributed by atoms with Crippen LogP contribution in [0, 0.1) is 0 Å². The Morgan fingerprint density at radius 1 is 1.38 bits per heavy atom. The van der Waals surface area contributed by atoms with E-state index in [0.29, 0.717) is 5.69 Å². The second-order valence-electron chi connectivity index (χ2n) is 3.32. The van der Waals surface area contributed by atoms with Gasteiger partial charge in [-0.05, 0) is 12.1 Å². The Morgan fingerprint density at radius 2 is 2.06 bits per heavy atom. The van der Waals surface area contributed by atoms with Gasteiger partial charge in [-0.2, -0.15) is 5.32 Å². The fourth-order valence-electron chi connectivity index (χ4n) is 1.57. The van der Waals surface area contributed by atoms with Crippen LogP contribution in [0.15, 0.2) is 18.2 Å². The van der Waals surface area contributed by atoms with Crippen LogP contribution in [0.3, 0.4) is 0 Å². The van der Waals surface area contributed by atoms with Crippen molar-refractivity contribution >= 4 is 23.5 Å². The Bertz CT molecular complexity index is 510. The first-order valence-electron chi connectivity index (χ1n) is 4.49. The van der Waals surface area contributed by atoms with Gasteiger partial charge in [-0.1, -0.05) is 6.07 Å². The fourth-order valence-corrected chi connectivity index (χ4v) is 1.57. The molecule has 1 heterocycles.